The fourth-order valence-corrected chi connectivity index (χ4v) is 1.74. The molecule has 0 saturated carbocycles. The van der Waals surface area contributed by atoms with Gasteiger partial charge in [-0.2, -0.15) is 0 Å². The van der Waals surface area contributed by atoms with Gasteiger partial charge in [0.25, 0.3) is 0 Å². The monoisotopic (exact) mass is 258 g/mol. The van der Waals surface area contributed by atoms with Crippen molar-refractivity contribution in [2.45, 2.75) is 0 Å². The van der Waals surface area contributed by atoms with Crippen molar-refractivity contribution >= 4 is 12.2 Å². The van der Waals surface area contributed by atoms with Gasteiger partial charge in [-0.15, -0.1) is 0 Å². The highest BCUT2D eigenvalue weighted by atomic mass is 16.5. The van der Waals surface area contributed by atoms with Crippen LogP contribution >= 0.6 is 0 Å². The second-order valence-corrected chi connectivity index (χ2v) is 4.04. The minimum Gasteiger partial charge on any atom is -0.508 e. The average Bonchev–Trinajstić information content (AvgIpc) is 2.36. The summed E-state index contributed by atoms with van der Waals surface area (Å²) < 4.78 is 5.15. The molecule has 4 heteroatoms. The number of phenols is 3. The third-order valence-corrected chi connectivity index (χ3v) is 2.60. The molecular weight excluding hydrogens is 244 g/mol. The number of hydrogen-bond acceptors (Lipinski definition) is 4. The van der Waals surface area contributed by atoms with Crippen LogP contribution in [0.3, 0.4) is 0 Å². The Morgan fingerprint density at radius 1 is 0.842 bits per heavy atom. The first-order chi connectivity index (χ1) is 9.08. The Morgan fingerprint density at radius 3 is 2.16 bits per heavy atom. The van der Waals surface area contributed by atoms with Gasteiger partial charge < -0.3 is 20.1 Å². The molecular formula is C15H14O4. The van der Waals surface area contributed by atoms with Crippen LogP contribution in [0.25, 0.3) is 12.2 Å². The molecule has 0 bridgehead atoms. The average molecular weight is 258 g/mol. The normalized spacial score (nSPS) is 10.8. The Morgan fingerprint density at radius 2 is 1.53 bits per heavy atom. The molecule has 0 aliphatic rings. The van der Waals surface area contributed by atoms with E-state index in [-0.39, 0.29) is 17.2 Å². The predicted molar refractivity (Wildman–Crippen MR) is 73.4 cm³/mol. The molecule has 2 aromatic carbocycles. The van der Waals surface area contributed by atoms with Crippen molar-refractivity contribution in [1.82, 2.24) is 0 Å². The molecule has 0 fully saturated rings. The Hall–Kier alpha value is -2.62. The zero-order chi connectivity index (χ0) is 13.8. The van der Waals surface area contributed by atoms with Gasteiger partial charge in [0.1, 0.15) is 23.0 Å². The van der Waals surface area contributed by atoms with Crippen molar-refractivity contribution in [2.24, 2.45) is 0 Å². The van der Waals surface area contributed by atoms with E-state index in [1.54, 1.807) is 24.3 Å². The Bertz CT molecular complexity index is 597. The summed E-state index contributed by atoms with van der Waals surface area (Å²) in [6, 6.07) is 9.11. The molecule has 0 spiro atoms. The molecule has 0 heterocycles. The highest BCUT2D eigenvalue weighted by molar-refractivity contribution is 5.74. The van der Waals surface area contributed by atoms with E-state index in [4.69, 9.17) is 4.74 Å². The first kappa shape index (κ1) is 12.8. The maximum absolute atomic E-state index is 9.38. The standard InChI is InChI=1S/C15H14O4/c1-19-15-9-12(16)5-4-11(15)3-2-10-6-13(17)8-14(18)7-10/h2-9,16-18H,1H3. The molecule has 0 radical (unpaired) electrons. The van der Waals surface area contributed by atoms with Gasteiger partial charge in [0.15, 0.2) is 0 Å². The van der Waals surface area contributed by atoms with Crippen LogP contribution in [0.2, 0.25) is 0 Å². The second kappa shape index (κ2) is 5.35. The van der Waals surface area contributed by atoms with Gasteiger partial charge >= 0.3 is 0 Å². The SMILES string of the molecule is COc1cc(O)ccc1C=Cc1cc(O)cc(O)c1. The fraction of sp³-hybridized carbons (Fsp3) is 0.0667. The molecule has 19 heavy (non-hydrogen) atoms. The smallest absolute Gasteiger partial charge is 0.129 e. The van der Waals surface area contributed by atoms with Gasteiger partial charge in [-0.25, -0.2) is 0 Å². The van der Waals surface area contributed by atoms with Crippen molar-refractivity contribution in [3.8, 4) is 23.0 Å². The topological polar surface area (TPSA) is 69.9 Å². The summed E-state index contributed by atoms with van der Waals surface area (Å²) >= 11 is 0. The summed E-state index contributed by atoms with van der Waals surface area (Å²) in [6.45, 7) is 0. The summed E-state index contributed by atoms with van der Waals surface area (Å²) in [5.41, 5.74) is 1.44. The number of hydrogen-bond donors (Lipinski definition) is 3. The molecule has 0 atom stereocenters. The fourth-order valence-electron chi connectivity index (χ4n) is 1.74. The Balaban J connectivity index is 2.32. The van der Waals surface area contributed by atoms with Crippen LogP contribution in [-0.2, 0) is 0 Å². The van der Waals surface area contributed by atoms with Gasteiger partial charge in [-0.05, 0) is 29.8 Å². The van der Waals surface area contributed by atoms with Crippen LogP contribution in [0.4, 0.5) is 0 Å². The quantitative estimate of drug-likeness (QED) is 0.740. The molecule has 2 aromatic rings. The van der Waals surface area contributed by atoms with Gasteiger partial charge in [-0.3, -0.25) is 0 Å². The lowest BCUT2D eigenvalue weighted by Gasteiger charge is -2.05. The van der Waals surface area contributed by atoms with E-state index in [2.05, 4.69) is 0 Å². The largest absolute Gasteiger partial charge is 0.508 e. The van der Waals surface area contributed by atoms with E-state index in [1.807, 2.05) is 0 Å². The number of ether oxygens (including phenoxy) is 1. The van der Waals surface area contributed by atoms with Crippen LogP contribution in [0, 0.1) is 0 Å². The minimum atomic E-state index is -0.00248. The second-order valence-electron chi connectivity index (χ2n) is 4.04. The van der Waals surface area contributed by atoms with Crippen molar-refractivity contribution in [3.05, 3.63) is 47.5 Å². The highest BCUT2D eigenvalue weighted by Crippen LogP contribution is 2.27. The Kier molecular flexibility index (Phi) is 3.61. The highest BCUT2D eigenvalue weighted by Gasteiger charge is 2.01. The van der Waals surface area contributed by atoms with E-state index in [0.29, 0.717) is 11.3 Å². The molecule has 0 aliphatic heterocycles. The van der Waals surface area contributed by atoms with E-state index >= 15 is 0 Å². The lowest BCUT2D eigenvalue weighted by atomic mass is 10.1. The van der Waals surface area contributed by atoms with Crippen molar-refractivity contribution in [3.63, 3.8) is 0 Å². The molecule has 4 nitrogen and oxygen atoms in total. The van der Waals surface area contributed by atoms with E-state index < -0.39 is 0 Å². The molecule has 98 valence electrons. The summed E-state index contributed by atoms with van der Waals surface area (Å²) in [5.74, 6) is 0.666. The van der Waals surface area contributed by atoms with Gasteiger partial charge in [0.2, 0.25) is 0 Å². The van der Waals surface area contributed by atoms with Crippen LogP contribution in [0.15, 0.2) is 36.4 Å². The molecule has 0 aliphatic carbocycles. The van der Waals surface area contributed by atoms with Crippen LogP contribution in [0.1, 0.15) is 11.1 Å². The van der Waals surface area contributed by atoms with Crippen LogP contribution in [-0.4, -0.2) is 22.4 Å². The number of phenolic OH excluding ortho intramolecular Hbond substituents is 3. The van der Waals surface area contributed by atoms with Crippen LogP contribution in [0.5, 0.6) is 23.0 Å². The molecule has 0 saturated heterocycles. The van der Waals surface area contributed by atoms with E-state index in [0.717, 1.165) is 5.56 Å². The zero-order valence-corrected chi connectivity index (χ0v) is 10.4. The first-order valence-electron chi connectivity index (χ1n) is 5.66. The minimum absolute atomic E-state index is 0.00248. The zero-order valence-electron chi connectivity index (χ0n) is 10.4. The third kappa shape index (κ3) is 3.19. The van der Waals surface area contributed by atoms with E-state index in [1.165, 1.54) is 31.4 Å². The number of methoxy groups -OCH3 is 1. The lowest BCUT2D eigenvalue weighted by Crippen LogP contribution is -1.86. The molecule has 3 N–H and O–H groups in total. The summed E-state index contributed by atoms with van der Waals surface area (Å²) in [7, 11) is 1.52. The number of rotatable bonds is 3. The molecule has 0 unspecified atom stereocenters. The molecule has 0 aromatic heterocycles. The van der Waals surface area contributed by atoms with Gasteiger partial charge in [-0.1, -0.05) is 12.2 Å². The van der Waals surface area contributed by atoms with Crippen molar-refractivity contribution in [2.75, 3.05) is 7.11 Å². The predicted octanol–water partition coefficient (Wildman–Crippen LogP) is 2.98. The number of aromatic hydroxyl groups is 3. The maximum atomic E-state index is 9.38. The summed E-state index contributed by atoms with van der Waals surface area (Å²) in [4.78, 5) is 0. The summed E-state index contributed by atoms with van der Waals surface area (Å²) in [5, 5.41) is 28.1. The van der Waals surface area contributed by atoms with Crippen molar-refractivity contribution < 1.29 is 20.1 Å². The maximum Gasteiger partial charge on any atom is 0.129 e. The van der Waals surface area contributed by atoms with Gasteiger partial charge in [0, 0.05) is 17.7 Å². The van der Waals surface area contributed by atoms with Gasteiger partial charge in [0.05, 0.1) is 7.11 Å². The first-order valence-corrected chi connectivity index (χ1v) is 5.66. The molecule has 0 amide bonds. The third-order valence-electron chi connectivity index (χ3n) is 2.60. The Labute approximate surface area is 110 Å². The van der Waals surface area contributed by atoms with E-state index in [9.17, 15) is 15.3 Å². The number of benzene rings is 2. The summed E-state index contributed by atoms with van der Waals surface area (Å²) in [6.07, 6.45) is 3.50. The van der Waals surface area contributed by atoms with Crippen molar-refractivity contribution in [1.29, 1.82) is 0 Å². The lowest BCUT2D eigenvalue weighted by molar-refractivity contribution is 0.407. The van der Waals surface area contributed by atoms with Crippen LogP contribution < -0.4 is 4.74 Å². The molecule has 2 rings (SSSR count).